The van der Waals surface area contributed by atoms with Gasteiger partial charge in [0.15, 0.2) is 23.1 Å². The number of rotatable bonds is 11. The smallest absolute Gasteiger partial charge is 0.272 e. The van der Waals surface area contributed by atoms with Crippen LogP contribution in [0.4, 0.5) is 27.4 Å². The van der Waals surface area contributed by atoms with E-state index in [1.54, 1.807) is 45.2 Å². The van der Waals surface area contributed by atoms with Crippen molar-refractivity contribution in [3.05, 3.63) is 53.6 Å². The van der Waals surface area contributed by atoms with Gasteiger partial charge in [0.25, 0.3) is 5.91 Å². The van der Waals surface area contributed by atoms with E-state index in [0.29, 0.717) is 35.3 Å². The van der Waals surface area contributed by atoms with Crippen molar-refractivity contribution in [1.29, 1.82) is 0 Å². The van der Waals surface area contributed by atoms with Gasteiger partial charge >= 0.3 is 0 Å². The number of anilines is 4. The monoisotopic (exact) mass is 587 g/mol. The van der Waals surface area contributed by atoms with Gasteiger partial charge in [-0.25, -0.2) is 4.39 Å². The van der Waals surface area contributed by atoms with Crippen molar-refractivity contribution in [2.75, 3.05) is 24.4 Å². The van der Waals surface area contributed by atoms with E-state index in [-0.39, 0.29) is 28.6 Å². The fourth-order valence-electron chi connectivity index (χ4n) is 4.27. The molecule has 0 unspecified atom stereocenters. The lowest BCUT2D eigenvalue weighted by Crippen LogP contribution is -2.50. The highest BCUT2D eigenvalue weighted by Crippen LogP contribution is 2.40. The van der Waals surface area contributed by atoms with Crippen molar-refractivity contribution in [3.8, 4) is 22.9 Å². The van der Waals surface area contributed by atoms with Gasteiger partial charge in [0.1, 0.15) is 35.0 Å². The second-order valence-corrected chi connectivity index (χ2v) is 11.3. The molecule has 0 bridgehead atoms. The molecule has 43 heavy (non-hydrogen) atoms. The summed E-state index contributed by atoms with van der Waals surface area (Å²) in [5, 5.41) is 39.8. The molecule has 1 aromatic carbocycles. The quantitative estimate of drug-likeness (QED) is 0.177. The topological polar surface area (TPSA) is 161 Å². The van der Waals surface area contributed by atoms with E-state index in [0.717, 1.165) is 0 Å². The summed E-state index contributed by atoms with van der Waals surface area (Å²) >= 11 is 0. The van der Waals surface area contributed by atoms with Crippen molar-refractivity contribution in [2.45, 2.75) is 31.6 Å². The van der Waals surface area contributed by atoms with E-state index < -0.39 is 22.6 Å². The Balaban J connectivity index is 1.78. The lowest BCUT2D eigenvalue weighted by Gasteiger charge is -2.22. The maximum atomic E-state index is 15.1. The number of halogens is 1. The van der Waals surface area contributed by atoms with Crippen LogP contribution in [-0.2, 0) is 12.6 Å². The standard InChI is InChI=1S/C26H33B3FN9O4/c1-6-43-21-8-7-19(34-36-21)32-20-12-16(22(37-35-20)24(40)33-26(27,28)29)31-17-10-13(30)9-14(23(17)42-5)15-11-18(25(2,3)41)39(4)38-15/h7-12,41H,6,27-29H2,1-5H3,(H,33,40)(H2,31,32,34,35). The number of ether oxygens (including phenoxy) is 2. The maximum absolute atomic E-state index is 15.1. The van der Waals surface area contributed by atoms with Crippen LogP contribution in [0.15, 0.2) is 36.4 Å². The second kappa shape index (κ2) is 12.3. The Bertz CT molecular complexity index is 1620. The van der Waals surface area contributed by atoms with Crippen LogP contribution < -0.4 is 25.4 Å². The number of hydrogen-bond donors (Lipinski definition) is 4. The van der Waals surface area contributed by atoms with Crippen molar-refractivity contribution < 1.29 is 23.8 Å². The van der Waals surface area contributed by atoms with E-state index in [1.807, 2.05) is 30.5 Å². The molecule has 0 fully saturated rings. The number of amides is 1. The summed E-state index contributed by atoms with van der Waals surface area (Å²) in [6.45, 7) is 5.56. The minimum absolute atomic E-state index is 0.0340. The SMILES string of the molecule is BC(B)(B)NC(=O)c1nnc(Nc2ccc(OCC)nn2)cc1Nc1cc(F)cc(-c2cc(C(C)(C)O)n(C)n2)c1OC. The second-order valence-electron chi connectivity index (χ2n) is 11.3. The average Bonchev–Trinajstić information content (AvgIpc) is 3.31. The first-order valence-electron chi connectivity index (χ1n) is 13.5. The third-order valence-electron chi connectivity index (χ3n) is 6.00. The zero-order valence-electron chi connectivity index (χ0n) is 25.4. The highest BCUT2D eigenvalue weighted by molar-refractivity contribution is 6.60. The van der Waals surface area contributed by atoms with Gasteiger partial charge in [-0.05, 0) is 44.2 Å². The van der Waals surface area contributed by atoms with Gasteiger partial charge in [0.05, 0.1) is 36.5 Å². The molecular weight excluding hydrogens is 554 g/mol. The number of methoxy groups -OCH3 is 1. The number of carbonyl (C=O) groups is 1. The lowest BCUT2D eigenvalue weighted by molar-refractivity contribution is 0.0695. The fraction of sp³-hybridized carbons (Fsp3) is 0.308. The highest BCUT2D eigenvalue weighted by atomic mass is 19.1. The summed E-state index contributed by atoms with van der Waals surface area (Å²) in [6.07, 6.45) is 0. The van der Waals surface area contributed by atoms with Crippen LogP contribution in [0.25, 0.3) is 11.3 Å². The molecule has 17 heteroatoms. The summed E-state index contributed by atoms with van der Waals surface area (Å²) in [5.41, 5.74) is 0.445. The average molecular weight is 587 g/mol. The van der Waals surface area contributed by atoms with Crippen LogP contribution in [0.5, 0.6) is 11.6 Å². The minimum atomic E-state index is -1.18. The summed E-state index contributed by atoms with van der Waals surface area (Å²) < 4.78 is 27.6. The lowest BCUT2D eigenvalue weighted by atomic mass is 9.49. The number of benzene rings is 1. The van der Waals surface area contributed by atoms with Crippen molar-refractivity contribution >= 4 is 52.5 Å². The number of nitrogens with one attached hydrogen (secondary N) is 3. The third kappa shape index (κ3) is 7.60. The first kappa shape index (κ1) is 31.3. The minimum Gasteiger partial charge on any atom is -0.494 e. The van der Waals surface area contributed by atoms with Crippen LogP contribution in [0.2, 0.25) is 0 Å². The van der Waals surface area contributed by atoms with Crippen molar-refractivity contribution in [1.82, 2.24) is 35.5 Å². The molecule has 0 aliphatic carbocycles. The van der Waals surface area contributed by atoms with E-state index in [2.05, 4.69) is 41.4 Å². The van der Waals surface area contributed by atoms with Crippen LogP contribution in [0.1, 0.15) is 37.0 Å². The summed E-state index contributed by atoms with van der Waals surface area (Å²) in [4.78, 5) is 13.2. The molecule has 4 N–H and O–H groups in total. The summed E-state index contributed by atoms with van der Waals surface area (Å²) in [5.74, 6) is 0.145. The summed E-state index contributed by atoms with van der Waals surface area (Å²) in [7, 11) is 8.64. The number of aliphatic hydroxyl groups is 1. The number of aromatic nitrogens is 6. The largest absolute Gasteiger partial charge is 0.494 e. The zero-order chi connectivity index (χ0) is 31.5. The first-order valence-corrected chi connectivity index (χ1v) is 13.5. The highest BCUT2D eigenvalue weighted by Gasteiger charge is 2.26. The molecule has 0 spiro atoms. The molecule has 0 aliphatic heterocycles. The molecule has 4 aromatic rings. The summed E-state index contributed by atoms with van der Waals surface area (Å²) in [6, 6.07) is 9.03. The van der Waals surface area contributed by atoms with Crippen molar-refractivity contribution in [2.24, 2.45) is 7.05 Å². The Morgan fingerprint density at radius 3 is 2.33 bits per heavy atom. The van der Waals surface area contributed by atoms with Crippen LogP contribution in [0.3, 0.4) is 0 Å². The van der Waals surface area contributed by atoms with Crippen LogP contribution in [0, 0.1) is 5.82 Å². The molecule has 0 atom stereocenters. The number of nitrogens with zero attached hydrogens (tertiary/aromatic N) is 6. The first-order chi connectivity index (χ1) is 20.2. The Morgan fingerprint density at radius 1 is 1.02 bits per heavy atom. The number of carbonyl (C=O) groups excluding carboxylic acids is 1. The molecule has 0 saturated heterocycles. The zero-order valence-corrected chi connectivity index (χ0v) is 25.4. The Kier molecular flexibility index (Phi) is 8.94. The molecule has 0 radical (unpaired) electrons. The fourth-order valence-corrected chi connectivity index (χ4v) is 4.27. The number of hydrogen-bond acceptors (Lipinski definition) is 11. The molecule has 222 valence electrons. The van der Waals surface area contributed by atoms with Crippen LogP contribution in [-0.4, -0.2) is 83.7 Å². The predicted molar refractivity (Wildman–Crippen MR) is 168 cm³/mol. The van der Waals surface area contributed by atoms with Gasteiger partial charge in [-0.2, -0.15) is 5.10 Å². The predicted octanol–water partition coefficient (Wildman–Crippen LogP) is 0.168. The normalized spacial score (nSPS) is 11.6. The molecular formula is C26H33B3FN9O4. The van der Waals surface area contributed by atoms with E-state index in [4.69, 9.17) is 9.47 Å². The van der Waals surface area contributed by atoms with Gasteiger partial charge in [-0.1, -0.05) is 0 Å². The molecule has 1 amide bonds. The Morgan fingerprint density at radius 2 is 1.74 bits per heavy atom. The van der Waals surface area contributed by atoms with Gasteiger partial charge in [-0.15, -0.1) is 20.4 Å². The molecule has 13 nitrogen and oxygen atoms in total. The molecule has 4 rings (SSSR count). The molecule has 3 aromatic heterocycles. The Hall–Kier alpha value is -4.66. The van der Waals surface area contributed by atoms with Crippen LogP contribution >= 0.6 is 0 Å². The third-order valence-corrected chi connectivity index (χ3v) is 6.00. The molecule has 3 heterocycles. The van der Waals surface area contributed by atoms with E-state index in [1.165, 1.54) is 23.9 Å². The van der Waals surface area contributed by atoms with Gasteiger partial charge < -0.3 is 30.5 Å². The number of aryl methyl sites for hydroxylation is 1. The van der Waals surface area contributed by atoms with Gasteiger partial charge in [0, 0.05) is 30.8 Å². The maximum Gasteiger partial charge on any atom is 0.272 e. The Labute approximate surface area is 251 Å². The van der Waals surface area contributed by atoms with Gasteiger partial charge in [0.2, 0.25) is 5.88 Å². The van der Waals surface area contributed by atoms with Gasteiger partial charge in [-0.3, -0.25) is 9.48 Å². The molecule has 0 aliphatic rings. The molecule has 0 saturated carbocycles. The van der Waals surface area contributed by atoms with E-state index >= 15 is 4.39 Å². The van der Waals surface area contributed by atoms with E-state index in [9.17, 15) is 9.90 Å². The van der Waals surface area contributed by atoms with Crippen molar-refractivity contribution in [3.63, 3.8) is 0 Å².